The predicted molar refractivity (Wildman–Crippen MR) is 94.2 cm³/mol. The first-order chi connectivity index (χ1) is 12.9. The Kier molecular flexibility index (Phi) is 6.93. The Morgan fingerprint density at radius 2 is 1.85 bits per heavy atom. The van der Waals surface area contributed by atoms with Crippen LogP contribution in [-0.4, -0.2) is 36.2 Å². The monoisotopic (exact) mass is 375 g/mol. The highest BCUT2D eigenvalue weighted by Gasteiger charge is 2.13. The third-order valence-electron chi connectivity index (χ3n) is 3.58. The van der Waals surface area contributed by atoms with Gasteiger partial charge in [0.1, 0.15) is 18.1 Å². The lowest BCUT2D eigenvalue weighted by molar-refractivity contribution is -0.123. The molecule has 0 aliphatic rings. The van der Waals surface area contributed by atoms with Crippen LogP contribution in [-0.2, 0) is 16.1 Å². The fraction of sp³-hybridized carbons (Fsp3) is 0.333. The van der Waals surface area contributed by atoms with Gasteiger partial charge in [0.05, 0.1) is 16.8 Å². The zero-order valence-corrected chi connectivity index (χ0v) is 15.3. The smallest absolute Gasteiger partial charge is 0.338 e. The Hall–Kier alpha value is -3.36. The molecule has 9 nitrogen and oxygen atoms in total. The van der Waals surface area contributed by atoms with Crippen molar-refractivity contribution in [3.63, 3.8) is 0 Å². The molecule has 0 aliphatic heterocycles. The van der Waals surface area contributed by atoms with E-state index in [4.69, 9.17) is 14.0 Å². The van der Waals surface area contributed by atoms with Crippen LogP contribution in [0.25, 0.3) is 0 Å². The number of rotatable bonds is 7. The SMILES string of the molecule is CCNC(=O)NC(=O)COC(=O)c1ccc(OCc2c(C)noc2C)cc1. The maximum Gasteiger partial charge on any atom is 0.338 e. The maximum atomic E-state index is 11.9. The number of carbonyl (C=O) groups excluding carboxylic acids is 3. The minimum absolute atomic E-state index is 0.255. The highest BCUT2D eigenvalue weighted by molar-refractivity contribution is 5.97. The zero-order chi connectivity index (χ0) is 19.8. The second-order valence-corrected chi connectivity index (χ2v) is 5.60. The van der Waals surface area contributed by atoms with Gasteiger partial charge >= 0.3 is 12.0 Å². The lowest BCUT2D eigenvalue weighted by Gasteiger charge is -2.08. The number of nitrogens with zero attached hydrogens (tertiary/aromatic N) is 1. The van der Waals surface area contributed by atoms with Crippen molar-refractivity contribution < 1.29 is 28.4 Å². The molecule has 0 atom stereocenters. The molecule has 1 heterocycles. The molecule has 0 unspecified atom stereocenters. The van der Waals surface area contributed by atoms with Crippen LogP contribution in [0.1, 0.15) is 34.3 Å². The number of amides is 3. The Morgan fingerprint density at radius 1 is 1.15 bits per heavy atom. The normalized spacial score (nSPS) is 10.2. The minimum atomic E-state index is -0.714. The number of urea groups is 1. The molecular formula is C18H21N3O6. The summed E-state index contributed by atoms with van der Waals surface area (Å²) in [6.45, 7) is 5.47. The number of benzene rings is 1. The molecule has 2 rings (SSSR count). The maximum absolute atomic E-state index is 11.9. The molecule has 0 spiro atoms. The van der Waals surface area contributed by atoms with Gasteiger partial charge in [0.25, 0.3) is 5.91 Å². The van der Waals surface area contributed by atoms with Crippen LogP contribution < -0.4 is 15.4 Å². The summed E-state index contributed by atoms with van der Waals surface area (Å²) >= 11 is 0. The fourth-order valence-corrected chi connectivity index (χ4v) is 2.13. The minimum Gasteiger partial charge on any atom is -0.489 e. The second-order valence-electron chi connectivity index (χ2n) is 5.60. The molecule has 27 heavy (non-hydrogen) atoms. The molecular weight excluding hydrogens is 354 g/mol. The number of carbonyl (C=O) groups is 3. The van der Waals surface area contributed by atoms with Crippen LogP contribution >= 0.6 is 0 Å². The molecule has 1 aromatic heterocycles. The summed E-state index contributed by atoms with van der Waals surface area (Å²) in [5.74, 6) is -0.147. The summed E-state index contributed by atoms with van der Waals surface area (Å²) in [7, 11) is 0. The molecule has 9 heteroatoms. The number of ether oxygens (including phenoxy) is 2. The van der Waals surface area contributed by atoms with Gasteiger partial charge in [-0.25, -0.2) is 9.59 Å². The largest absolute Gasteiger partial charge is 0.489 e. The summed E-state index contributed by atoms with van der Waals surface area (Å²) in [5.41, 5.74) is 1.89. The van der Waals surface area contributed by atoms with Crippen LogP contribution in [0.15, 0.2) is 28.8 Å². The van der Waals surface area contributed by atoms with Gasteiger partial charge < -0.3 is 19.3 Å². The first-order valence-electron chi connectivity index (χ1n) is 8.30. The van der Waals surface area contributed by atoms with Crippen molar-refractivity contribution in [2.75, 3.05) is 13.2 Å². The molecule has 3 amide bonds. The summed E-state index contributed by atoms with van der Waals surface area (Å²) in [6.07, 6.45) is 0. The van der Waals surface area contributed by atoms with Crippen molar-refractivity contribution in [1.82, 2.24) is 15.8 Å². The van der Waals surface area contributed by atoms with E-state index < -0.39 is 24.5 Å². The number of nitrogens with one attached hydrogen (secondary N) is 2. The van der Waals surface area contributed by atoms with Gasteiger partial charge in [-0.05, 0) is 45.0 Å². The third-order valence-corrected chi connectivity index (χ3v) is 3.58. The molecule has 0 aliphatic carbocycles. The van der Waals surface area contributed by atoms with Gasteiger partial charge in [0.2, 0.25) is 0 Å². The van der Waals surface area contributed by atoms with Gasteiger partial charge in [0, 0.05) is 6.54 Å². The van der Waals surface area contributed by atoms with Gasteiger partial charge in [-0.2, -0.15) is 0 Å². The van der Waals surface area contributed by atoms with Crippen molar-refractivity contribution in [3.8, 4) is 5.75 Å². The average Bonchev–Trinajstić information content (AvgIpc) is 2.96. The van der Waals surface area contributed by atoms with E-state index in [1.807, 2.05) is 12.2 Å². The molecule has 2 aromatic rings. The van der Waals surface area contributed by atoms with Gasteiger partial charge in [-0.15, -0.1) is 0 Å². The van der Waals surface area contributed by atoms with Crippen molar-refractivity contribution in [2.24, 2.45) is 0 Å². The van der Waals surface area contributed by atoms with Crippen molar-refractivity contribution in [2.45, 2.75) is 27.4 Å². The molecule has 2 N–H and O–H groups in total. The Balaban J connectivity index is 1.82. The quantitative estimate of drug-likeness (QED) is 0.709. The molecule has 0 fully saturated rings. The number of hydrogen-bond donors (Lipinski definition) is 2. The van der Waals surface area contributed by atoms with Crippen LogP contribution in [0.2, 0.25) is 0 Å². The van der Waals surface area contributed by atoms with Crippen LogP contribution in [0, 0.1) is 13.8 Å². The number of aromatic nitrogens is 1. The van der Waals surface area contributed by atoms with E-state index in [1.165, 1.54) is 12.1 Å². The predicted octanol–water partition coefficient (Wildman–Crippen LogP) is 1.87. The summed E-state index contributed by atoms with van der Waals surface area (Å²) < 4.78 is 15.6. The molecule has 0 saturated heterocycles. The Labute approximate surface area is 156 Å². The lowest BCUT2D eigenvalue weighted by atomic mass is 10.2. The summed E-state index contributed by atoms with van der Waals surface area (Å²) in [5, 5.41) is 8.29. The lowest BCUT2D eigenvalue weighted by Crippen LogP contribution is -2.41. The highest BCUT2D eigenvalue weighted by atomic mass is 16.5. The Morgan fingerprint density at radius 3 is 2.44 bits per heavy atom. The van der Waals surface area contributed by atoms with Crippen molar-refractivity contribution in [3.05, 3.63) is 46.8 Å². The zero-order valence-electron chi connectivity index (χ0n) is 15.3. The van der Waals surface area contributed by atoms with Crippen molar-refractivity contribution in [1.29, 1.82) is 0 Å². The van der Waals surface area contributed by atoms with Crippen LogP contribution in [0.4, 0.5) is 4.79 Å². The topological polar surface area (TPSA) is 120 Å². The number of aryl methyl sites for hydroxylation is 2. The van der Waals surface area contributed by atoms with Gasteiger partial charge in [0.15, 0.2) is 6.61 Å². The van der Waals surface area contributed by atoms with E-state index in [0.717, 1.165) is 11.3 Å². The van der Waals surface area contributed by atoms with E-state index in [1.54, 1.807) is 26.0 Å². The summed E-state index contributed by atoms with van der Waals surface area (Å²) in [6, 6.07) is 5.63. The summed E-state index contributed by atoms with van der Waals surface area (Å²) in [4.78, 5) is 34.6. The molecule has 0 radical (unpaired) electrons. The number of esters is 1. The van der Waals surface area contributed by atoms with Gasteiger partial charge in [-0.1, -0.05) is 5.16 Å². The van der Waals surface area contributed by atoms with E-state index >= 15 is 0 Å². The second kappa shape index (κ2) is 9.37. The Bertz CT molecular complexity index is 794. The fourth-order valence-electron chi connectivity index (χ4n) is 2.13. The standard InChI is InChI=1S/C18H21N3O6/c1-4-19-18(24)20-16(22)10-26-17(23)13-5-7-14(8-6-13)25-9-15-11(2)21-27-12(15)3/h5-8H,4,9-10H2,1-3H3,(H2,19,20,22,24). The van der Waals surface area contributed by atoms with E-state index in [-0.39, 0.29) is 5.56 Å². The van der Waals surface area contributed by atoms with E-state index in [2.05, 4.69) is 10.5 Å². The molecule has 0 bridgehead atoms. The third kappa shape index (κ3) is 5.84. The van der Waals surface area contributed by atoms with E-state index in [9.17, 15) is 14.4 Å². The first-order valence-corrected chi connectivity index (χ1v) is 8.30. The van der Waals surface area contributed by atoms with Gasteiger partial charge in [-0.3, -0.25) is 10.1 Å². The molecule has 144 valence electrons. The molecule has 0 saturated carbocycles. The first kappa shape index (κ1) is 20.0. The van der Waals surface area contributed by atoms with Crippen molar-refractivity contribution >= 4 is 17.9 Å². The van der Waals surface area contributed by atoms with E-state index in [0.29, 0.717) is 24.7 Å². The number of hydrogen-bond acceptors (Lipinski definition) is 7. The van der Waals surface area contributed by atoms with Crippen LogP contribution in [0.5, 0.6) is 5.75 Å². The van der Waals surface area contributed by atoms with Crippen LogP contribution in [0.3, 0.4) is 0 Å². The molecule has 1 aromatic carbocycles. The highest BCUT2D eigenvalue weighted by Crippen LogP contribution is 2.18. The average molecular weight is 375 g/mol. The number of imide groups is 1.